The third kappa shape index (κ3) is 39.8. The number of carboxylic acid groups (broad SMARTS) is 1. The molecule has 0 aliphatic heterocycles. The molecule has 45 heteroatoms. The van der Waals surface area contributed by atoms with Gasteiger partial charge in [0.2, 0.25) is 53.2 Å². The summed E-state index contributed by atoms with van der Waals surface area (Å²) in [7, 11) is 0. The summed E-state index contributed by atoms with van der Waals surface area (Å²) in [5, 5.41) is 136. The summed E-state index contributed by atoms with van der Waals surface area (Å²) < 4.78 is 0. The fraction of sp³-hybridized carbons (Fsp3) is 0.493. The lowest BCUT2D eigenvalue weighted by Gasteiger charge is -2.29. The first-order chi connectivity index (χ1) is 54.0. The summed E-state index contributed by atoms with van der Waals surface area (Å²) in [6.07, 6.45) is -1.66. The molecule has 43 N–H and O–H groups in total. The van der Waals surface area contributed by atoms with E-state index < -0.39 is 149 Å². The van der Waals surface area contributed by atoms with Crippen molar-refractivity contribution in [1.29, 1.82) is 37.9 Å². The lowest BCUT2D eigenvalue weighted by atomic mass is 10.0. The van der Waals surface area contributed by atoms with Crippen LogP contribution < -0.4 is 131 Å². The molecule has 628 valence electrons. The number of nitrogens with two attached hydrogens (primary N) is 8. The molecule has 3 aromatic carbocycles. The molecular weight excluding hydrogens is 1490 g/mol. The number of benzene rings is 3. The van der Waals surface area contributed by atoms with Crippen LogP contribution in [0.2, 0.25) is 0 Å². The standard InChI is InChI=1S/C69H113N31O14/c70-43(8-1-27-85-63(71)72)53(104)98-50(34-37-15-21-40(101)22-16-37)59(110)94-44(9-2-28-86-64(73)74)54(105)92-47(12-5-31-89-67(79)80)57(108)99-51(35-38-17-23-41(102)24-18-38)60(111)95-45(10-3-29-87-65(75)76)55(106)93-48(13-6-32-90-68(81)82)58(109)100-52(36-39-19-25-42(103)26-20-39)61(112)96-46(11-4-30-88-66(77)78)56(107)97-49(62(113)114)14-7-33-91-69(83)84/h15-26,43-52,101-103H,1-14,27-36,70H2,(H,92,105)(H,93,106)(H,94,110)(H,95,111)(H,96,112)(H,97,107)(H,98,104)(H,99,108)(H,100,109)(H,113,114)(H4,71,72,85)(H4,73,74,86)(H4,75,76,87)(H4,77,78,88)(H4,79,80,89)(H4,81,82,90)(H4,83,84,91)/t43-,44-,45-,46-,47-,48-,49-,50-,51-,52-/m0/s1. The Morgan fingerprint density at radius 2 is 0.430 bits per heavy atom. The molecule has 10 atom stereocenters. The van der Waals surface area contributed by atoms with Crippen molar-refractivity contribution in [2.45, 2.75) is 170 Å². The van der Waals surface area contributed by atoms with Crippen LogP contribution in [0.1, 0.15) is 107 Å². The highest BCUT2D eigenvalue weighted by Gasteiger charge is 2.37. The van der Waals surface area contributed by atoms with E-state index in [1.807, 2.05) is 0 Å². The number of hydrogen-bond donors (Lipinski definition) is 35. The fourth-order valence-electron chi connectivity index (χ4n) is 11.1. The van der Waals surface area contributed by atoms with Crippen LogP contribution in [-0.2, 0) is 67.2 Å². The quantitative estimate of drug-likeness (QED) is 0.0142. The molecule has 9 amide bonds. The summed E-state index contributed by atoms with van der Waals surface area (Å²) in [4.78, 5) is 145. The third-order valence-corrected chi connectivity index (χ3v) is 17.1. The van der Waals surface area contributed by atoms with E-state index in [9.17, 15) is 54.0 Å². The monoisotopic (exact) mass is 1600 g/mol. The summed E-state index contributed by atoms with van der Waals surface area (Å²) in [5.74, 6) is -13.5. The highest BCUT2D eigenvalue weighted by Crippen LogP contribution is 2.17. The van der Waals surface area contributed by atoms with Crippen molar-refractivity contribution in [3.63, 3.8) is 0 Å². The largest absolute Gasteiger partial charge is 0.508 e. The number of hydrogen-bond acceptors (Lipinski definition) is 21. The molecule has 0 fully saturated rings. The SMILES string of the molecule is N=C(N)NCCC[C@H](NC(=O)[C@H](CCCNC(=N)N)NC(=O)[C@H](Cc1ccc(O)cc1)NC(=O)[C@H](CCCNC(=N)N)NC(=O)[C@H](CCCNC(=N)N)NC(=O)[C@H](Cc1ccc(O)cc1)NC(=O)[C@H](CCCNC(=N)N)NC(=O)[C@H](CCCNC(=N)N)NC(=O)[C@H](Cc1ccc(O)cc1)NC(=O)[C@@H](N)CCCNC(=N)N)C(=O)O. The normalized spacial score (nSPS) is 13.4. The Kier molecular flexibility index (Phi) is 42.5. The number of phenols is 3. The number of aliphatic carboxylic acids is 1. The minimum Gasteiger partial charge on any atom is -0.508 e. The van der Waals surface area contributed by atoms with Gasteiger partial charge in [-0.05, 0) is 143 Å². The van der Waals surface area contributed by atoms with Crippen LogP contribution in [-0.4, -0.2) is 228 Å². The van der Waals surface area contributed by atoms with Gasteiger partial charge in [-0.25, -0.2) is 4.79 Å². The molecule has 0 spiro atoms. The topological polar surface area (TPSA) is 819 Å². The van der Waals surface area contributed by atoms with E-state index in [1.54, 1.807) is 0 Å². The molecule has 45 nitrogen and oxygen atoms in total. The van der Waals surface area contributed by atoms with E-state index >= 15 is 14.4 Å². The molecule has 3 rings (SSSR count). The second-order valence-electron chi connectivity index (χ2n) is 26.5. The van der Waals surface area contributed by atoms with Gasteiger partial charge < -0.3 is 151 Å². The van der Waals surface area contributed by atoms with E-state index in [2.05, 4.69) is 85.1 Å². The number of aromatic hydroxyl groups is 3. The average molecular weight is 1600 g/mol. The number of carboxylic acids is 1. The van der Waals surface area contributed by atoms with Crippen LogP contribution in [0.5, 0.6) is 17.2 Å². The first-order valence-electron chi connectivity index (χ1n) is 36.6. The lowest BCUT2D eigenvalue weighted by molar-refractivity contribution is -0.142. The highest BCUT2D eigenvalue weighted by molar-refractivity contribution is 5.99. The fourth-order valence-corrected chi connectivity index (χ4v) is 11.1. The Bertz CT molecular complexity index is 3730. The molecule has 0 saturated heterocycles. The zero-order valence-electron chi connectivity index (χ0n) is 63.2. The highest BCUT2D eigenvalue weighted by atomic mass is 16.4. The maximum atomic E-state index is 15.2. The molecule has 114 heavy (non-hydrogen) atoms. The summed E-state index contributed by atoms with van der Waals surface area (Å²) >= 11 is 0. The smallest absolute Gasteiger partial charge is 0.326 e. The van der Waals surface area contributed by atoms with Crippen molar-refractivity contribution in [2.24, 2.45) is 45.9 Å². The maximum absolute atomic E-state index is 15.2. The molecule has 0 heterocycles. The number of amides is 9. The van der Waals surface area contributed by atoms with Crippen molar-refractivity contribution in [3.05, 3.63) is 89.5 Å². The molecule has 0 bridgehead atoms. The number of rotatable bonds is 53. The molecule has 0 radical (unpaired) electrons. The maximum Gasteiger partial charge on any atom is 0.326 e. The lowest BCUT2D eigenvalue weighted by Crippen LogP contribution is -2.61. The Morgan fingerprint density at radius 3 is 0.632 bits per heavy atom. The molecule has 3 aromatic rings. The predicted octanol–water partition coefficient (Wildman–Crippen LogP) is -7.55. The summed E-state index contributed by atoms with van der Waals surface area (Å²) in [5.41, 5.74) is 45.9. The Morgan fingerprint density at radius 1 is 0.263 bits per heavy atom. The van der Waals surface area contributed by atoms with Crippen molar-refractivity contribution in [2.75, 3.05) is 45.8 Å². The van der Waals surface area contributed by atoms with Gasteiger partial charge in [-0.3, -0.25) is 81.0 Å². The molecule has 0 aromatic heterocycles. The first kappa shape index (κ1) is 94.8. The zero-order valence-corrected chi connectivity index (χ0v) is 63.2. The summed E-state index contributed by atoms with van der Waals surface area (Å²) in [6.45, 7) is 0.159. The van der Waals surface area contributed by atoms with E-state index in [0.717, 1.165) is 0 Å². The molecule has 0 aliphatic carbocycles. The third-order valence-electron chi connectivity index (χ3n) is 17.1. The molecule has 0 aliphatic rings. The minimum atomic E-state index is -1.69. The second-order valence-corrected chi connectivity index (χ2v) is 26.5. The predicted molar refractivity (Wildman–Crippen MR) is 422 cm³/mol. The van der Waals surface area contributed by atoms with Gasteiger partial charge in [0.05, 0.1) is 6.04 Å². The Labute approximate surface area is 657 Å². The van der Waals surface area contributed by atoms with Crippen LogP contribution in [0.25, 0.3) is 0 Å². The molecule has 0 unspecified atom stereocenters. The van der Waals surface area contributed by atoms with Gasteiger partial charge in [0, 0.05) is 65.1 Å². The van der Waals surface area contributed by atoms with E-state index in [-0.39, 0.29) is 178 Å². The van der Waals surface area contributed by atoms with Gasteiger partial charge in [-0.1, -0.05) is 36.4 Å². The second kappa shape index (κ2) is 51.1. The van der Waals surface area contributed by atoms with E-state index in [4.69, 9.17) is 83.7 Å². The van der Waals surface area contributed by atoms with Crippen molar-refractivity contribution < 1.29 is 68.4 Å². The number of carbonyl (C=O) groups excluding carboxylic acids is 9. The molecular formula is C69H113N31O14. The van der Waals surface area contributed by atoms with Gasteiger partial charge in [-0.15, -0.1) is 0 Å². The van der Waals surface area contributed by atoms with Crippen LogP contribution in [0.3, 0.4) is 0 Å². The number of carbonyl (C=O) groups is 10. The van der Waals surface area contributed by atoms with E-state index in [0.29, 0.717) is 23.1 Å². The average Bonchev–Trinajstić information content (AvgIpc) is 0.851. The van der Waals surface area contributed by atoms with Gasteiger partial charge in [0.1, 0.15) is 71.6 Å². The van der Waals surface area contributed by atoms with Crippen LogP contribution in [0, 0.1) is 37.9 Å². The van der Waals surface area contributed by atoms with Crippen molar-refractivity contribution in [1.82, 2.24) is 85.1 Å². The van der Waals surface area contributed by atoms with Crippen LogP contribution in [0.4, 0.5) is 0 Å². The van der Waals surface area contributed by atoms with E-state index in [1.165, 1.54) is 72.8 Å². The van der Waals surface area contributed by atoms with Gasteiger partial charge >= 0.3 is 5.97 Å². The van der Waals surface area contributed by atoms with Crippen LogP contribution >= 0.6 is 0 Å². The van der Waals surface area contributed by atoms with Gasteiger partial charge in [0.15, 0.2) is 41.7 Å². The van der Waals surface area contributed by atoms with Gasteiger partial charge in [-0.2, -0.15) is 0 Å². The number of phenolic OH excluding ortho intramolecular Hbond substituents is 3. The molecule has 0 saturated carbocycles. The summed E-state index contributed by atoms with van der Waals surface area (Å²) in [6, 6.07) is 1.24. The van der Waals surface area contributed by atoms with Crippen LogP contribution in [0.15, 0.2) is 72.8 Å². The Balaban J connectivity index is 2.17. The van der Waals surface area contributed by atoms with Gasteiger partial charge in [0.25, 0.3) is 0 Å². The Hall–Kier alpha value is -13.4. The first-order valence-corrected chi connectivity index (χ1v) is 36.6. The zero-order chi connectivity index (χ0) is 84.8. The number of guanidine groups is 7. The van der Waals surface area contributed by atoms with Crippen molar-refractivity contribution in [3.8, 4) is 17.2 Å². The van der Waals surface area contributed by atoms with Crippen molar-refractivity contribution >= 4 is 101 Å². The minimum absolute atomic E-state index is 0.00436. The number of nitrogens with one attached hydrogen (secondary N) is 23.